The van der Waals surface area contributed by atoms with Gasteiger partial charge in [-0.25, -0.2) is 4.98 Å². The van der Waals surface area contributed by atoms with Gasteiger partial charge in [0.15, 0.2) is 4.34 Å². The van der Waals surface area contributed by atoms with Crippen molar-refractivity contribution < 1.29 is 14.3 Å². The van der Waals surface area contributed by atoms with E-state index in [9.17, 15) is 9.59 Å². The molecule has 6 nitrogen and oxygen atoms in total. The van der Waals surface area contributed by atoms with Gasteiger partial charge in [0.2, 0.25) is 11.8 Å². The van der Waals surface area contributed by atoms with Crippen LogP contribution in [0.15, 0.2) is 45.6 Å². The molecule has 8 heteroatoms. The maximum absolute atomic E-state index is 12.2. The third kappa shape index (κ3) is 7.50. The highest BCUT2D eigenvalue weighted by Crippen LogP contribution is 2.24. The van der Waals surface area contributed by atoms with Gasteiger partial charge in [0.25, 0.3) is 0 Å². The molecule has 1 aliphatic carbocycles. The van der Waals surface area contributed by atoms with Crippen molar-refractivity contribution in [1.82, 2.24) is 10.3 Å². The van der Waals surface area contributed by atoms with Crippen LogP contribution in [0, 0.1) is 0 Å². The average molecular weight is 446 g/mol. The first-order valence-electron chi connectivity index (χ1n) is 10.1. The van der Waals surface area contributed by atoms with Gasteiger partial charge in [0.05, 0.1) is 25.0 Å². The zero-order valence-electron chi connectivity index (χ0n) is 17.1. The van der Waals surface area contributed by atoms with Gasteiger partial charge < -0.3 is 15.4 Å². The molecule has 1 aromatic carbocycles. The van der Waals surface area contributed by atoms with Crippen molar-refractivity contribution in [2.45, 2.75) is 42.9 Å². The Morgan fingerprint density at radius 2 is 2.17 bits per heavy atom. The molecule has 2 aromatic rings. The Hall–Kier alpha value is -2.32. The zero-order chi connectivity index (χ0) is 21.2. The van der Waals surface area contributed by atoms with Crippen LogP contribution in [0.1, 0.15) is 37.8 Å². The van der Waals surface area contributed by atoms with Crippen LogP contribution < -0.4 is 15.4 Å². The highest BCUT2D eigenvalue weighted by molar-refractivity contribution is 8.01. The van der Waals surface area contributed by atoms with Crippen LogP contribution in [0.4, 0.5) is 5.69 Å². The zero-order valence-corrected chi connectivity index (χ0v) is 18.7. The highest BCUT2D eigenvalue weighted by atomic mass is 32.2. The van der Waals surface area contributed by atoms with Gasteiger partial charge in [-0.05, 0) is 44.2 Å². The monoisotopic (exact) mass is 445 g/mol. The van der Waals surface area contributed by atoms with E-state index in [0.29, 0.717) is 18.0 Å². The van der Waals surface area contributed by atoms with E-state index < -0.39 is 0 Å². The molecule has 0 aliphatic heterocycles. The van der Waals surface area contributed by atoms with Gasteiger partial charge in [-0.15, -0.1) is 11.3 Å². The van der Waals surface area contributed by atoms with Crippen molar-refractivity contribution in [3.63, 3.8) is 0 Å². The Bertz CT molecular complexity index is 895. The molecule has 2 N–H and O–H groups in total. The number of rotatable bonds is 10. The van der Waals surface area contributed by atoms with Gasteiger partial charge in [-0.2, -0.15) is 0 Å². The number of nitrogens with zero attached hydrogens (tertiary/aromatic N) is 1. The lowest BCUT2D eigenvalue weighted by atomic mass is 9.97. The van der Waals surface area contributed by atoms with Crippen molar-refractivity contribution >= 4 is 40.6 Å². The van der Waals surface area contributed by atoms with Crippen LogP contribution in [0.2, 0.25) is 0 Å². The first kappa shape index (κ1) is 22.4. The first-order valence-corrected chi connectivity index (χ1v) is 11.9. The van der Waals surface area contributed by atoms with Crippen LogP contribution in [0.25, 0.3) is 0 Å². The van der Waals surface area contributed by atoms with E-state index >= 15 is 0 Å². The van der Waals surface area contributed by atoms with E-state index in [4.69, 9.17) is 4.74 Å². The van der Waals surface area contributed by atoms with E-state index in [1.165, 1.54) is 47.9 Å². The number of ether oxygens (including phenoxy) is 1. The van der Waals surface area contributed by atoms with Crippen molar-refractivity contribution in [2.75, 3.05) is 24.7 Å². The molecule has 2 amide bonds. The number of allylic oxidation sites excluding steroid dienone is 1. The molecular weight excluding hydrogens is 418 g/mol. The SMILES string of the molecule is COc1cccc(NC(=O)CSc2nc(CC(=O)NCCC3=CCCCC3)cs2)c1. The highest BCUT2D eigenvalue weighted by Gasteiger charge is 2.11. The Labute approximate surface area is 185 Å². The van der Waals surface area contributed by atoms with E-state index in [-0.39, 0.29) is 24.0 Å². The predicted octanol–water partition coefficient (Wildman–Crippen LogP) is 4.43. The van der Waals surface area contributed by atoms with Crippen LogP contribution in [0.3, 0.4) is 0 Å². The molecular formula is C22H27N3O3S2. The fourth-order valence-corrected chi connectivity index (χ4v) is 4.83. The number of hydrogen-bond acceptors (Lipinski definition) is 6. The molecule has 160 valence electrons. The summed E-state index contributed by atoms with van der Waals surface area (Å²) in [4.78, 5) is 28.8. The summed E-state index contributed by atoms with van der Waals surface area (Å²) in [6.45, 7) is 0.681. The third-order valence-electron chi connectivity index (χ3n) is 4.71. The number of benzene rings is 1. The number of anilines is 1. The quantitative estimate of drug-likeness (QED) is 0.418. The predicted molar refractivity (Wildman–Crippen MR) is 122 cm³/mol. The minimum absolute atomic E-state index is 0.0102. The fraction of sp³-hybridized carbons (Fsp3) is 0.409. The van der Waals surface area contributed by atoms with Crippen LogP contribution in [0.5, 0.6) is 5.75 Å². The van der Waals surface area contributed by atoms with Crippen LogP contribution in [-0.4, -0.2) is 36.2 Å². The number of thioether (sulfide) groups is 1. The van der Waals surface area contributed by atoms with Gasteiger partial charge >= 0.3 is 0 Å². The number of nitrogens with one attached hydrogen (secondary N) is 2. The molecule has 0 unspecified atom stereocenters. The van der Waals surface area contributed by atoms with E-state index in [1.54, 1.807) is 13.2 Å². The smallest absolute Gasteiger partial charge is 0.234 e. The van der Waals surface area contributed by atoms with Crippen LogP contribution in [-0.2, 0) is 16.0 Å². The minimum Gasteiger partial charge on any atom is -0.497 e. The fourth-order valence-electron chi connectivity index (χ4n) is 3.18. The molecule has 0 spiro atoms. The van der Waals surface area contributed by atoms with Gasteiger partial charge in [-0.3, -0.25) is 9.59 Å². The summed E-state index contributed by atoms with van der Waals surface area (Å²) in [5.74, 6) is 0.827. The normalized spacial score (nSPS) is 13.4. The summed E-state index contributed by atoms with van der Waals surface area (Å²) < 4.78 is 5.94. The van der Waals surface area contributed by atoms with Crippen molar-refractivity contribution in [3.05, 3.63) is 47.0 Å². The molecule has 0 radical (unpaired) electrons. The second-order valence-corrected chi connectivity index (χ2v) is 9.14. The maximum atomic E-state index is 12.2. The molecule has 0 saturated carbocycles. The lowest BCUT2D eigenvalue weighted by Gasteiger charge is -2.12. The van der Waals surface area contributed by atoms with Gasteiger partial charge in [0.1, 0.15) is 5.75 Å². The number of thiazole rings is 1. The lowest BCUT2D eigenvalue weighted by Crippen LogP contribution is -2.26. The molecule has 0 bridgehead atoms. The molecule has 0 saturated heterocycles. The minimum atomic E-state index is -0.111. The number of hydrogen-bond donors (Lipinski definition) is 2. The largest absolute Gasteiger partial charge is 0.497 e. The second-order valence-electron chi connectivity index (χ2n) is 7.06. The van der Waals surface area contributed by atoms with E-state index in [1.807, 2.05) is 23.6 Å². The number of methoxy groups -OCH3 is 1. The second kappa shape index (κ2) is 11.8. The topological polar surface area (TPSA) is 80.3 Å². The Balaban J connectivity index is 1.37. The van der Waals surface area contributed by atoms with Gasteiger partial charge in [-0.1, -0.05) is 29.5 Å². The molecule has 1 aliphatic rings. The standard InChI is InChI=1S/C22H27N3O3S2/c1-28-19-9-5-8-17(12-19)24-21(27)15-30-22-25-18(14-29-22)13-20(26)23-11-10-16-6-3-2-4-7-16/h5-6,8-9,12,14H,2-4,7,10-11,13,15H2,1H3,(H,23,26)(H,24,27). The third-order valence-corrected chi connectivity index (χ3v) is 6.78. The summed E-state index contributed by atoms with van der Waals surface area (Å²) in [5.41, 5.74) is 2.90. The Kier molecular flexibility index (Phi) is 8.77. The van der Waals surface area contributed by atoms with Crippen molar-refractivity contribution in [1.29, 1.82) is 0 Å². The number of carbonyl (C=O) groups excluding carboxylic acids is 2. The summed E-state index contributed by atoms with van der Waals surface area (Å²) >= 11 is 2.82. The number of carbonyl (C=O) groups is 2. The summed E-state index contributed by atoms with van der Waals surface area (Å²) in [5, 5.41) is 7.70. The lowest BCUT2D eigenvalue weighted by molar-refractivity contribution is -0.120. The number of amides is 2. The summed E-state index contributed by atoms with van der Waals surface area (Å²) in [7, 11) is 1.59. The molecule has 1 aromatic heterocycles. The summed E-state index contributed by atoms with van der Waals surface area (Å²) in [6, 6.07) is 7.24. The molecule has 3 rings (SSSR count). The summed E-state index contributed by atoms with van der Waals surface area (Å²) in [6.07, 6.45) is 8.38. The average Bonchev–Trinajstić information content (AvgIpc) is 3.20. The van der Waals surface area contributed by atoms with E-state index in [0.717, 1.165) is 22.9 Å². The Morgan fingerprint density at radius 1 is 1.27 bits per heavy atom. The van der Waals surface area contributed by atoms with Crippen molar-refractivity contribution in [3.8, 4) is 5.75 Å². The molecule has 30 heavy (non-hydrogen) atoms. The van der Waals surface area contributed by atoms with E-state index in [2.05, 4.69) is 21.7 Å². The van der Waals surface area contributed by atoms with Crippen molar-refractivity contribution in [2.24, 2.45) is 0 Å². The maximum Gasteiger partial charge on any atom is 0.234 e. The Morgan fingerprint density at radius 3 is 2.97 bits per heavy atom. The molecule has 1 heterocycles. The first-order chi connectivity index (χ1) is 14.6. The van der Waals surface area contributed by atoms with Crippen LogP contribution >= 0.6 is 23.1 Å². The molecule has 0 fully saturated rings. The molecule has 0 atom stereocenters. The number of aromatic nitrogens is 1. The van der Waals surface area contributed by atoms with Gasteiger partial charge in [0, 0.05) is 23.7 Å².